The number of furan rings is 1. The SMILES string of the molecule is O=C(O)c1ccoc1CN1Cc2ccccc2C1. The molecule has 0 spiro atoms. The summed E-state index contributed by atoms with van der Waals surface area (Å²) in [5.74, 6) is -0.411. The van der Waals surface area contributed by atoms with Crippen LogP contribution in [0.5, 0.6) is 0 Å². The Morgan fingerprint density at radius 3 is 2.50 bits per heavy atom. The average Bonchev–Trinajstić information content (AvgIpc) is 2.94. The summed E-state index contributed by atoms with van der Waals surface area (Å²) < 4.78 is 5.26. The molecule has 1 N–H and O–H groups in total. The third-order valence-electron chi connectivity index (χ3n) is 3.25. The van der Waals surface area contributed by atoms with Crippen LogP contribution in [0.2, 0.25) is 0 Å². The maximum Gasteiger partial charge on any atom is 0.339 e. The first-order valence-electron chi connectivity index (χ1n) is 5.83. The molecule has 0 saturated carbocycles. The number of hydrogen-bond acceptors (Lipinski definition) is 3. The summed E-state index contributed by atoms with van der Waals surface area (Å²) in [6, 6.07) is 9.77. The number of benzene rings is 1. The standard InChI is InChI=1S/C14H13NO3/c16-14(17)12-5-6-18-13(12)9-15-7-10-3-1-2-4-11(10)8-15/h1-6H,7-9H2,(H,16,17). The molecule has 3 rings (SSSR count). The van der Waals surface area contributed by atoms with Gasteiger partial charge in [0.05, 0.1) is 12.8 Å². The smallest absolute Gasteiger partial charge is 0.339 e. The van der Waals surface area contributed by atoms with Crippen molar-refractivity contribution in [2.45, 2.75) is 19.6 Å². The van der Waals surface area contributed by atoms with E-state index in [1.165, 1.54) is 23.5 Å². The van der Waals surface area contributed by atoms with E-state index in [1.54, 1.807) is 0 Å². The van der Waals surface area contributed by atoms with Crippen LogP contribution in [0.25, 0.3) is 0 Å². The van der Waals surface area contributed by atoms with Gasteiger partial charge in [-0.15, -0.1) is 0 Å². The Balaban J connectivity index is 1.76. The Labute approximate surface area is 104 Å². The predicted octanol–water partition coefficient (Wildman–Crippen LogP) is 2.49. The third-order valence-corrected chi connectivity index (χ3v) is 3.25. The zero-order chi connectivity index (χ0) is 12.5. The van der Waals surface area contributed by atoms with Gasteiger partial charge in [-0.1, -0.05) is 24.3 Å². The average molecular weight is 243 g/mol. The van der Waals surface area contributed by atoms with Crippen LogP contribution in [0.4, 0.5) is 0 Å². The molecule has 0 amide bonds. The van der Waals surface area contributed by atoms with Gasteiger partial charge in [-0.05, 0) is 17.2 Å². The lowest BCUT2D eigenvalue weighted by atomic mass is 10.1. The van der Waals surface area contributed by atoms with Crippen LogP contribution in [0.15, 0.2) is 41.0 Å². The van der Waals surface area contributed by atoms with Crippen molar-refractivity contribution in [3.63, 3.8) is 0 Å². The monoisotopic (exact) mass is 243 g/mol. The summed E-state index contributed by atoms with van der Waals surface area (Å²) in [6.07, 6.45) is 1.43. The molecule has 0 bridgehead atoms. The van der Waals surface area contributed by atoms with Gasteiger partial charge in [0.1, 0.15) is 11.3 Å². The summed E-state index contributed by atoms with van der Waals surface area (Å²) in [6.45, 7) is 2.22. The Hall–Kier alpha value is -2.07. The summed E-state index contributed by atoms with van der Waals surface area (Å²) in [4.78, 5) is 13.2. The van der Waals surface area contributed by atoms with E-state index in [4.69, 9.17) is 9.52 Å². The normalized spacial score (nSPS) is 14.7. The van der Waals surface area contributed by atoms with Crippen molar-refractivity contribution in [2.75, 3.05) is 0 Å². The highest BCUT2D eigenvalue weighted by Crippen LogP contribution is 2.25. The number of carboxylic acid groups (broad SMARTS) is 1. The molecular formula is C14H13NO3. The van der Waals surface area contributed by atoms with Crippen molar-refractivity contribution in [2.24, 2.45) is 0 Å². The molecule has 1 aromatic heterocycles. The summed E-state index contributed by atoms with van der Waals surface area (Å²) in [5, 5.41) is 9.02. The molecule has 0 unspecified atom stereocenters. The van der Waals surface area contributed by atoms with Crippen molar-refractivity contribution in [1.29, 1.82) is 0 Å². The van der Waals surface area contributed by atoms with Crippen molar-refractivity contribution < 1.29 is 14.3 Å². The van der Waals surface area contributed by atoms with Crippen molar-refractivity contribution in [3.05, 3.63) is 59.0 Å². The van der Waals surface area contributed by atoms with Gasteiger partial charge in [-0.25, -0.2) is 4.79 Å². The number of hydrogen-bond donors (Lipinski definition) is 1. The Morgan fingerprint density at radius 2 is 1.89 bits per heavy atom. The number of rotatable bonds is 3. The molecule has 4 nitrogen and oxygen atoms in total. The van der Waals surface area contributed by atoms with E-state index in [9.17, 15) is 4.79 Å². The van der Waals surface area contributed by atoms with E-state index in [2.05, 4.69) is 17.0 Å². The minimum absolute atomic E-state index is 0.256. The van der Waals surface area contributed by atoms with Gasteiger partial charge in [0.25, 0.3) is 0 Å². The van der Waals surface area contributed by atoms with Gasteiger partial charge in [0.2, 0.25) is 0 Å². The molecule has 18 heavy (non-hydrogen) atoms. The first-order chi connectivity index (χ1) is 8.74. The minimum atomic E-state index is -0.935. The first-order valence-corrected chi connectivity index (χ1v) is 5.83. The second-order valence-electron chi connectivity index (χ2n) is 4.48. The molecule has 2 heterocycles. The number of aromatic carboxylic acids is 1. The quantitative estimate of drug-likeness (QED) is 0.899. The minimum Gasteiger partial charge on any atom is -0.478 e. The van der Waals surface area contributed by atoms with Crippen LogP contribution in [0, 0.1) is 0 Å². The number of carbonyl (C=O) groups is 1. The zero-order valence-electron chi connectivity index (χ0n) is 9.80. The van der Waals surface area contributed by atoms with Crippen LogP contribution in [-0.2, 0) is 19.6 Å². The summed E-state index contributed by atoms with van der Waals surface area (Å²) >= 11 is 0. The van der Waals surface area contributed by atoms with Crippen molar-refractivity contribution in [1.82, 2.24) is 4.90 Å². The molecule has 0 radical (unpaired) electrons. The van der Waals surface area contributed by atoms with Crippen molar-refractivity contribution >= 4 is 5.97 Å². The largest absolute Gasteiger partial charge is 0.478 e. The van der Waals surface area contributed by atoms with Gasteiger partial charge >= 0.3 is 5.97 Å². The molecular weight excluding hydrogens is 230 g/mol. The molecule has 1 aromatic carbocycles. The maximum absolute atomic E-state index is 11.0. The topological polar surface area (TPSA) is 53.7 Å². The molecule has 0 atom stereocenters. The Kier molecular flexibility index (Phi) is 2.64. The van der Waals surface area contributed by atoms with E-state index >= 15 is 0 Å². The van der Waals surface area contributed by atoms with Crippen LogP contribution in [0.3, 0.4) is 0 Å². The zero-order valence-corrected chi connectivity index (χ0v) is 9.80. The summed E-state index contributed by atoms with van der Waals surface area (Å²) in [7, 11) is 0. The van der Waals surface area contributed by atoms with E-state index in [1.807, 2.05) is 12.1 Å². The molecule has 1 aliphatic rings. The fraction of sp³-hybridized carbons (Fsp3) is 0.214. The fourth-order valence-electron chi connectivity index (χ4n) is 2.37. The highest BCUT2D eigenvalue weighted by Gasteiger charge is 2.22. The highest BCUT2D eigenvalue weighted by molar-refractivity contribution is 5.88. The third kappa shape index (κ3) is 1.91. The van der Waals surface area contributed by atoms with E-state index < -0.39 is 5.97 Å². The second kappa shape index (κ2) is 4.31. The van der Waals surface area contributed by atoms with Gasteiger partial charge in [0, 0.05) is 13.1 Å². The molecule has 0 aliphatic carbocycles. The van der Waals surface area contributed by atoms with Gasteiger partial charge in [-0.2, -0.15) is 0 Å². The lowest BCUT2D eigenvalue weighted by molar-refractivity contribution is 0.0692. The molecule has 0 saturated heterocycles. The van der Waals surface area contributed by atoms with Crippen LogP contribution in [0.1, 0.15) is 27.2 Å². The lowest BCUT2D eigenvalue weighted by Gasteiger charge is -2.13. The summed E-state index contributed by atoms with van der Waals surface area (Å²) in [5.41, 5.74) is 2.87. The Morgan fingerprint density at radius 1 is 1.22 bits per heavy atom. The van der Waals surface area contributed by atoms with Gasteiger partial charge < -0.3 is 9.52 Å². The van der Waals surface area contributed by atoms with E-state index in [-0.39, 0.29) is 5.56 Å². The predicted molar refractivity (Wildman–Crippen MR) is 65.1 cm³/mol. The van der Waals surface area contributed by atoms with E-state index in [0.29, 0.717) is 12.3 Å². The molecule has 2 aromatic rings. The lowest BCUT2D eigenvalue weighted by Crippen LogP contribution is -2.16. The molecule has 92 valence electrons. The molecule has 1 aliphatic heterocycles. The highest BCUT2D eigenvalue weighted by atomic mass is 16.4. The van der Waals surface area contributed by atoms with Crippen LogP contribution >= 0.6 is 0 Å². The van der Waals surface area contributed by atoms with Gasteiger partial charge in [0.15, 0.2) is 0 Å². The second-order valence-corrected chi connectivity index (χ2v) is 4.48. The Bertz CT molecular complexity index is 563. The maximum atomic E-state index is 11.0. The van der Waals surface area contributed by atoms with Crippen LogP contribution in [-0.4, -0.2) is 16.0 Å². The molecule has 0 fully saturated rings. The molecule has 4 heteroatoms. The number of fused-ring (bicyclic) bond motifs is 1. The van der Waals surface area contributed by atoms with E-state index in [0.717, 1.165) is 13.1 Å². The van der Waals surface area contributed by atoms with Crippen molar-refractivity contribution in [3.8, 4) is 0 Å². The first kappa shape index (κ1) is 11.0. The van der Waals surface area contributed by atoms with Crippen LogP contribution < -0.4 is 0 Å². The van der Waals surface area contributed by atoms with Gasteiger partial charge in [-0.3, -0.25) is 4.90 Å². The fourth-order valence-corrected chi connectivity index (χ4v) is 2.37. The number of carboxylic acids is 1. The number of nitrogens with zero attached hydrogens (tertiary/aromatic N) is 1.